The van der Waals surface area contributed by atoms with Crippen molar-refractivity contribution in [2.75, 3.05) is 6.61 Å². The molecule has 0 heterocycles. The van der Waals surface area contributed by atoms with E-state index in [0.717, 1.165) is 18.8 Å². The highest BCUT2D eigenvalue weighted by molar-refractivity contribution is 5.75. The first-order valence-corrected chi connectivity index (χ1v) is 8.07. The molecule has 0 N–H and O–H groups in total. The lowest BCUT2D eigenvalue weighted by molar-refractivity contribution is -0.117. The standard InChI is InChI=1S/C19H30O2/c1-13(2)12-21-19-10-9-17(11-18(19)14(3)4)15(5)7-8-16(6)20/h9-11,13-15H,7-8,12H2,1-6H3. The van der Waals surface area contributed by atoms with Gasteiger partial charge in [0.2, 0.25) is 0 Å². The molecule has 118 valence electrons. The van der Waals surface area contributed by atoms with E-state index in [2.05, 4.69) is 52.8 Å². The molecular formula is C19H30O2. The first-order valence-electron chi connectivity index (χ1n) is 8.07. The minimum Gasteiger partial charge on any atom is -0.493 e. The smallest absolute Gasteiger partial charge is 0.129 e. The number of ether oxygens (including phenoxy) is 1. The third kappa shape index (κ3) is 5.91. The Morgan fingerprint density at radius 2 is 1.81 bits per heavy atom. The average Bonchev–Trinajstić information content (AvgIpc) is 2.42. The van der Waals surface area contributed by atoms with E-state index >= 15 is 0 Å². The van der Waals surface area contributed by atoms with Gasteiger partial charge in [-0.3, -0.25) is 0 Å². The van der Waals surface area contributed by atoms with E-state index in [1.54, 1.807) is 6.92 Å². The zero-order valence-corrected chi connectivity index (χ0v) is 14.4. The molecule has 1 unspecified atom stereocenters. The van der Waals surface area contributed by atoms with E-state index in [-0.39, 0.29) is 5.78 Å². The van der Waals surface area contributed by atoms with E-state index in [1.807, 2.05) is 0 Å². The number of hydrogen-bond donors (Lipinski definition) is 0. The third-order valence-corrected chi connectivity index (χ3v) is 3.73. The molecule has 0 aliphatic heterocycles. The molecule has 0 amide bonds. The van der Waals surface area contributed by atoms with Crippen LogP contribution in [-0.4, -0.2) is 12.4 Å². The highest BCUT2D eigenvalue weighted by Gasteiger charge is 2.13. The summed E-state index contributed by atoms with van der Waals surface area (Å²) in [6.45, 7) is 13.3. The maximum Gasteiger partial charge on any atom is 0.129 e. The molecule has 1 atom stereocenters. The lowest BCUT2D eigenvalue weighted by atomic mass is 9.91. The van der Waals surface area contributed by atoms with Crippen molar-refractivity contribution in [1.29, 1.82) is 0 Å². The lowest BCUT2D eigenvalue weighted by Gasteiger charge is -2.19. The lowest BCUT2D eigenvalue weighted by Crippen LogP contribution is -2.07. The van der Waals surface area contributed by atoms with Gasteiger partial charge in [0.05, 0.1) is 6.61 Å². The van der Waals surface area contributed by atoms with Crippen molar-refractivity contribution in [2.45, 2.75) is 66.2 Å². The summed E-state index contributed by atoms with van der Waals surface area (Å²) in [6.07, 6.45) is 1.57. The summed E-state index contributed by atoms with van der Waals surface area (Å²) in [5.41, 5.74) is 2.57. The van der Waals surface area contributed by atoms with Crippen LogP contribution in [0.3, 0.4) is 0 Å². The van der Waals surface area contributed by atoms with Gasteiger partial charge in [0.1, 0.15) is 11.5 Å². The number of rotatable bonds is 8. The van der Waals surface area contributed by atoms with Gasteiger partial charge in [-0.1, -0.05) is 46.8 Å². The van der Waals surface area contributed by atoms with E-state index < -0.39 is 0 Å². The molecule has 0 aliphatic carbocycles. The first kappa shape index (κ1) is 17.7. The Morgan fingerprint density at radius 3 is 2.33 bits per heavy atom. The molecule has 0 spiro atoms. The van der Waals surface area contributed by atoms with Crippen molar-refractivity contribution in [3.05, 3.63) is 29.3 Å². The van der Waals surface area contributed by atoms with Gasteiger partial charge in [0, 0.05) is 6.42 Å². The Labute approximate surface area is 129 Å². The van der Waals surface area contributed by atoms with Crippen molar-refractivity contribution in [3.63, 3.8) is 0 Å². The van der Waals surface area contributed by atoms with Crippen LogP contribution in [0.1, 0.15) is 77.3 Å². The molecule has 0 bridgehead atoms. The fourth-order valence-electron chi connectivity index (χ4n) is 2.30. The van der Waals surface area contributed by atoms with Gasteiger partial charge in [-0.15, -0.1) is 0 Å². The Morgan fingerprint density at radius 1 is 1.14 bits per heavy atom. The van der Waals surface area contributed by atoms with Crippen LogP contribution in [0.5, 0.6) is 5.75 Å². The van der Waals surface area contributed by atoms with Gasteiger partial charge in [0.25, 0.3) is 0 Å². The summed E-state index contributed by atoms with van der Waals surface area (Å²) < 4.78 is 5.94. The molecule has 0 aromatic heterocycles. The molecular weight excluding hydrogens is 260 g/mol. The molecule has 2 heteroatoms. The summed E-state index contributed by atoms with van der Waals surface area (Å²) in [5, 5.41) is 0. The molecule has 2 nitrogen and oxygen atoms in total. The average molecular weight is 290 g/mol. The quantitative estimate of drug-likeness (QED) is 0.648. The Balaban J connectivity index is 2.89. The normalized spacial score (nSPS) is 12.8. The Hall–Kier alpha value is -1.31. The van der Waals surface area contributed by atoms with E-state index in [0.29, 0.717) is 24.2 Å². The summed E-state index contributed by atoms with van der Waals surface area (Å²) in [6, 6.07) is 6.49. The first-order chi connectivity index (χ1) is 9.81. The van der Waals surface area contributed by atoms with E-state index in [1.165, 1.54) is 11.1 Å². The number of ketones is 1. The second-order valence-corrected chi connectivity index (χ2v) is 6.80. The predicted molar refractivity (Wildman–Crippen MR) is 89.2 cm³/mol. The highest BCUT2D eigenvalue weighted by atomic mass is 16.5. The zero-order valence-electron chi connectivity index (χ0n) is 14.4. The van der Waals surface area contributed by atoms with Crippen molar-refractivity contribution in [1.82, 2.24) is 0 Å². The minimum atomic E-state index is 0.266. The summed E-state index contributed by atoms with van der Waals surface area (Å²) in [5.74, 6) is 2.64. The van der Waals surface area contributed by atoms with Gasteiger partial charge in [-0.2, -0.15) is 0 Å². The second kappa shape index (κ2) is 8.21. The van der Waals surface area contributed by atoms with E-state index in [9.17, 15) is 4.79 Å². The number of carbonyl (C=O) groups is 1. The molecule has 0 saturated heterocycles. The molecule has 0 radical (unpaired) electrons. The van der Waals surface area contributed by atoms with Crippen LogP contribution in [0.15, 0.2) is 18.2 Å². The van der Waals surface area contributed by atoms with Crippen LogP contribution >= 0.6 is 0 Å². The molecule has 1 aromatic carbocycles. The topological polar surface area (TPSA) is 26.3 Å². The Kier molecular flexibility index (Phi) is 6.94. The van der Waals surface area contributed by atoms with Crippen LogP contribution in [0.2, 0.25) is 0 Å². The zero-order chi connectivity index (χ0) is 16.0. The summed E-state index contributed by atoms with van der Waals surface area (Å²) in [4.78, 5) is 11.1. The molecule has 0 saturated carbocycles. The number of Topliss-reactive ketones (excluding diaryl/α,β-unsaturated/α-hetero) is 1. The summed E-state index contributed by atoms with van der Waals surface area (Å²) in [7, 11) is 0. The number of carbonyl (C=O) groups excluding carboxylic acids is 1. The van der Waals surface area contributed by atoms with Gasteiger partial charge in [-0.05, 0) is 48.3 Å². The molecule has 1 rings (SSSR count). The monoisotopic (exact) mass is 290 g/mol. The largest absolute Gasteiger partial charge is 0.493 e. The van der Waals surface area contributed by atoms with Crippen LogP contribution in [-0.2, 0) is 4.79 Å². The van der Waals surface area contributed by atoms with Crippen molar-refractivity contribution in [2.24, 2.45) is 5.92 Å². The predicted octanol–water partition coefficient (Wildman–Crippen LogP) is 5.32. The van der Waals surface area contributed by atoms with Crippen molar-refractivity contribution in [3.8, 4) is 5.75 Å². The van der Waals surface area contributed by atoms with Gasteiger partial charge in [0.15, 0.2) is 0 Å². The Bertz CT molecular complexity index is 461. The van der Waals surface area contributed by atoms with Gasteiger partial charge in [-0.25, -0.2) is 0 Å². The maximum absolute atomic E-state index is 11.1. The van der Waals surface area contributed by atoms with Gasteiger partial charge >= 0.3 is 0 Å². The van der Waals surface area contributed by atoms with Crippen LogP contribution < -0.4 is 4.74 Å². The SMILES string of the molecule is CC(=O)CCC(C)c1ccc(OCC(C)C)c(C(C)C)c1. The molecule has 21 heavy (non-hydrogen) atoms. The van der Waals surface area contributed by atoms with Crippen LogP contribution in [0.4, 0.5) is 0 Å². The van der Waals surface area contributed by atoms with Crippen LogP contribution in [0, 0.1) is 5.92 Å². The molecule has 0 aliphatic rings. The third-order valence-electron chi connectivity index (χ3n) is 3.73. The van der Waals surface area contributed by atoms with Crippen LogP contribution in [0.25, 0.3) is 0 Å². The van der Waals surface area contributed by atoms with Crippen molar-refractivity contribution < 1.29 is 9.53 Å². The number of hydrogen-bond acceptors (Lipinski definition) is 2. The maximum atomic E-state index is 11.1. The highest BCUT2D eigenvalue weighted by Crippen LogP contribution is 2.31. The molecule has 0 fully saturated rings. The fraction of sp³-hybridized carbons (Fsp3) is 0.632. The van der Waals surface area contributed by atoms with E-state index in [4.69, 9.17) is 4.74 Å². The summed E-state index contributed by atoms with van der Waals surface area (Å²) >= 11 is 0. The second-order valence-electron chi connectivity index (χ2n) is 6.80. The number of benzene rings is 1. The molecule has 1 aromatic rings. The van der Waals surface area contributed by atoms with Gasteiger partial charge < -0.3 is 9.53 Å². The van der Waals surface area contributed by atoms with Crippen molar-refractivity contribution >= 4 is 5.78 Å². The minimum absolute atomic E-state index is 0.266. The fourth-order valence-corrected chi connectivity index (χ4v) is 2.30.